The Balaban J connectivity index is 1.92. The number of nitrogens with one attached hydrogen (secondary N) is 1. The van der Waals surface area contributed by atoms with Crippen molar-refractivity contribution in [2.24, 2.45) is 0 Å². The molecule has 96 valence electrons. The van der Waals surface area contributed by atoms with Crippen LogP contribution in [0.2, 0.25) is 0 Å². The first-order valence-electron chi connectivity index (χ1n) is 6.57. The topological polar surface area (TPSA) is 21.3 Å². The van der Waals surface area contributed by atoms with Gasteiger partial charge in [0.15, 0.2) is 0 Å². The van der Waals surface area contributed by atoms with Gasteiger partial charge in [-0.25, -0.2) is 0 Å². The van der Waals surface area contributed by atoms with Crippen molar-refractivity contribution in [3.8, 4) is 0 Å². The van der Waals surface area contributed by atoms with Crippen molar-refractivity contribution in [2.75, 3.05) is 13.7 Å². The Kier molecular flexibility index (Phi) is 4.60. The second-order valence-corrected chi connectivity index (χ2v) is 5.82. The maximum Gasteiger partial charge on any atom is 0.0693 e. The molecule has 0 aromatic carbocycles. The van der Waals surface area contributed by atoms with E-state index in [2.05, 4.69) is 29.1 Å². The van der Waals surface area contributed by atoms with Gasteiger partial charge < -0.3 is 10.1 Å². The molecule has 0 bridgehead atoms. The first kappa shape index (κ1) is 13.1. The zero-order valence-electron chi connectivity index (χ0n) is 10.9. The Hall–Kier alpha value is -0.380. The summed E-state index contributed by atoms with van der Waals surface area (Å²) >= 11 is 1.78. The van der Waals surface area contributed by atoms with Crippen LogP contribution in [-0.4, -0.2) is 25.3 Å². The van der Waals surface area contributed by atoms with Gasteiger partial charge in [0.25, 0.3) is 0 Å². The molecule has 1 N–H and O–H groups in total. The van der Waals surface area contributed by atoms with Crippen LogP contribution >= 0.6 is 11.3 Å². The quantitative estimate of drug-likeness (QED) is 0.805. The van der Waals surface area contributed by atoms with Crippen LogP contribution in [0.1, 0.15) is 38.2 Å². The van der Waals surface area contributed by atoms with E-state index < -0.39 is 0 Å². The lowest BCUT2D eigenvalue weighted by Crippen LogP contribution is -2.46. The van der Waals surface area contributed by atoms with Crippen molar-refractivity contribution < 1.29 is 4.74 Å². The molecule has 1 aromatic heterocycles. The first-order valence-corrected chi connectivity index (χ1v) is 7.52. The van der Waals surface area contributed by atoms with Gasteiger partial charge in [0.2, 0.25) is 0 Å². The molecule has 1 aliphatic carbocycles. The van der Waals surface area contributed by atoms with E-state index in [1.807, 2.05) is 7.11 Å². The molecule has 3 heteroatoms. The van der Waals surface area contributed by atoms with Crippen LogP contribution in [0, 0.1) is 0 Å². The summed E-state index contributed by atoms with van der Waals surface area (Å²) in [4.78, 5) is 0. The lowest BCUT2D eigenvalue weighted by molar-refractivity contribution is -0.0833. The normalized spacial score (nSPS) is 19.9. The molecule has 1 heterocycles. The summed E-state index contributed by atoms with van der Waals surface area (Å²) < 4.78 is 5.73. The van der Waals surface area contributed by atoms with Gasteiger partial charge in [0.1, 0.15) is 0 Å². The summed E-state index contributed by atoms with van der Waals surface area (Å²) in [6.07, 6.45) is 6.06. The highest BCUT2D eigenvalue weighted by Crippen LogP contribution is 2.39. The van der Waals surface area contributed by atoms with Crippen LogP contribution in [0.5, 0.6) is 0 Å². The largest absolute Gasteiger partial charge is 0.378 e. The molecule has 2 nitrogen and oxygen atoms in total. The zero-order valence-corrected chi connectivity index (χ0v) is 11.7. The molecule has 17 heavy (non-hydrogen) atoms. The molecule has 1 aliphatic rings. The minimum atomic E-state index is 0.170. The molecule has 1 unspecified atom stereocenters. The highest BCUT2D eigenvalue weighted by Gasteiger charge is 2.38. The van der Waals surface area contributed by atoms with Crippen LogP contribution in [-0.2, 0) is 11.2 Å². The number of methoxy groups -OCH3 is 1. The third-order valence-corrected chi connectivity index (χ3v) is 4.60. The number of hydrogen-bond donors (Lipinski definition) is 1. The average molecular weight is 253 g/mol. The number of ether oxygens (including phenoxy) is 1. The lowest BCUT2D eigenvalue weighted by Gasteiger charge is -2.43. The predicted molar refractivity (Wildman–Crippen MR) is 73.7 cm³/mol. The number of hydrogen-bond acceptors (Lipinski definition) is 3. The summed E-state index contributed by atoms with van der Waals surface area (Å²) in [7, 11) is 1.87. The minimum absolute atomic E-state index is 0.170. The van der Waals surface area contributed by atoms with Gasteiger partial charge in [-0.3, -0.25) is 0 Å². The first-order chi connectivity index (χ1) is 8.28. The van der Waals surface area contributed by atoms with Crippen LogP contribution in [0.15, 0.2) is 16.8 Å². The number of likely N-dealkylation sites (N-methyl/N-ethyl adjacent to an activating group) is 1. The van der Waals surface area contributed by atoms with Gasteiger partial charge in [-0.05, 0) is 61.0 Å². The van der Waals surface area contributed by atoms with E-state index in [1.165, 1.54) is 24.8 Å². The molecule has 0 spiro atoms. The predicted octanol–water partition coefficient (Wildman–Crippen LogP) is 3.23. The standard InChI is InChI=1S/C14H23NOS/c1-3-15-13(9-12-5-8-17-11-12)10-14(16-2)6-4-7-14/h5,8,11,13,15H,3-4,6-7,9-10H2,1-2H3. The van der Waals surface area contributed by atoms with Crippen molar-refractivity contribution in [3.05, 3.63) is 22.4 Å². The third-order valence-electron chi connectivity index (χ3n) is 3.87. The van der Waals surface area contributed by atoms with Crippen LogP contribution < -0.4 is 5.32 Å². The molecule has 0 radical (unpaired) electrons. The van der Waals surface area contributed by atoms with Crippen LogP contribution in [0.3, 0.4) is 0 Å². The highest BCUT2D eigenvalue weighted by molar-refractivity contribution is 7.07. The van der Waals surface area contributed by atoms with E-state index in [9.17, 15) is 0 Å². The SMILES string of the molecule is CCNC(Cc1ccsc1)CC1(OC)CCC1. The number of thiophene rings is 1. The fraction of sp³-hybridized carbons (Fsp3) is 0.714. The molecule has 1 aromatic rings. The van der Waals surface area contributed by atoms with Gasteiger partial charge in [-0.2, -0.15) is 11.3 Å². The molecule has 0 amide bonds. The monoisotopic (exact) mass is 253 g/mol. The second kappa shape index (κ2) is 5.98. The Bertz CT molecular complexity index is 313. The van der Waals surface area contributed by atoms with Crippen molar-refractivity contribution in [1.29, 1.82) is 0 Å². The maximum absolute atomic E-state index is 5.73. The smallest absolute Gasteiger partial charge is 0.0693 e. The number of rotatable bonds is 7. The van der Waals surface area contributed by atoms with E-state index in [0.717, 1.165) is 19.4 Å². The minimum Gasteiger partial charge on any atom is -0.378 e. The average Bonchev–Trinajstić information content (AvgIpc) is 2.76. The van der Waals surface area contributed by atoms with E-state index in [1.54, 1.807) is 11.3 Å². The van der Waals surface area contributed by atoms with E-state index in [0.29, 0.717) is 6.04 Å². The van der Waals surface area contributed by atoms with Crippen molar-refractivity contribution in [2.45, 2.75) is 50.7 Å². The van der Waals surface area contributed by atoms with Crippen molar-refractivity contribution >= 4 is 11.3 Å². The Morgan fingerprint density at radius 3 is 2.82 bits per heavy atom. The molecule has 2 rings (SSSR count). The van der Waals surface area contributed by atoms with Gasteiger partial charge in [-0.15, -0.1) is 0 Å². The van der Waals surface area contributed by atoms with E-state index >= 15 is 0 Å². The molecular formula is C14H23NOS. The Morgan fingerprint density at radius 2 is 2.35 bits per heavy atom. The molecule has 1 fully saturated rings. The van der Waals surface area contributed by atoms with E-state index in [-0.39, 0.29) is 5.60 Å². The van der Waals surface area contributed by atoms with Crippen LogP contribution in [0.4, 0.5) is 0 Å². The van der Waals surface area contributed by atoms with Gasteiger partial charge >= 0.3 is 0 Å². The highest BCUT2D eigenvalue weighted by atomic mass is 32.1. The lowest BCUT2D eigenvalue weighted by atomic mass is 9.75. The van der Waals surface area contributed by atoms with Crippen molar-refractivity contribution in [3.63, 3.8) is 0 Å². The fourth-order valence-corrected chi connectivity index (χ4v) is 3.39. The third kappa shape index (κ3) is 3.30. The zero-order chi connectivity index (χ0) is 12.1. The van der Waals surface area contributed by atoms with Crippen molar-refractivity contribution in [1.82, 2.24) is 5.32 Å². The summed E-state index contributed by atoms with van der Waals surface area (Å²) in [5.74, 6) is 0. The Morgan fingerprint density at radius 1 is 1.53 bits per heavy atom. The molecule has 0 aliphatic heterocycles. The maximum atomic E-state index is 5.73. The molecule has 0 saturated heterocycles. The molecular weight excluding hydrogens is 230 g/mol. The fourth-order valence-electron chi connectivity index (χ4n) is 2.71. The molecule has 1 saturated carbocycles. The summed E-state index contributed by atoms with van der Waals surface area (Å²) in [6.45, 7) is 3.22. The van der Waals surface area contributed by atoms with Gasteiger partial charge in [-0.1, -0.05) is 6.92 Å². The van der Waals surface area contributed by atoms with E-state index in [4.69, 9.17) is 4.74 Å². The summed E-state index contributed by atoms with van der Waals surface area (Å²) in [5.41, 5.74) is 1.62. The summed E-state index contributed by atoms with van der Waals surface area (Å²) in [5, 5.41) is 8.02. The van der Waals surface area contributed by atoms with Gasteiger partial charge in [0.05, 0.1) is 5.60 Å². The summed E-state index contributed by atoms with van der Waals surface area (Å²) in [6, 6.07) is 2.78. The second-order valence-electron chi connectivity index (χ2n) is 5.04. The van der Waals surface area contributed by atoms with Crippen LogP contribution in [0.25, 0.3) is 0 Å². The molecule has 1 atom stereocenters. The van der Waals surface area contributed by atoms with Gasteiger partial charge in [0, 0.05) is 13.2 Å². The Labute approximate surface area is 108 Å².